The number of piperidine rings is 1. The second-order valence-electron chi connectivity index (χ2n) is 6.10. The lowest BCUT2D eigenvalue weighted by molar-refractivity contribution is 0.0747. The maximum absolute atomic E-state index is 12.5. The van der Waals surface area contributed by atoms with Crippen molar-refractivity contribution in [2.45, 2.75) is 12.8 Å². The highest BCUT2D eigenvalue weighted by Gasteiger charge is 2.21. The molecule has 1 aromatic carbocycles. The van der Waals surface area contributed by atoms with Crippen molar-refractivity contribution in [3.05, 3.63) is 30.0 Å². The van der Waals surface area contributed by atoms with Gasteiger partial charge < -0.3 is 9.80 Å². The smallest absolute Gasteiger partial charge is 0.253 e. The van der Waals surface area contributed by atoms with Crippen LogP contribution in [0.5, 0.6) is 0 Å². The molecular weight excluding hydrogens is 264 g/mol. The van der Waals surface area contributed by atoms with Crippen molar-refractivity contribution in [2.24, 2.45) is 5.92 Å². The van der Waals surface area contributed by atoms with Crippen LogP contribution in [0.1, 0.15) is 23.2 Å². The molecule has 1 N–H and O–H groups in total. The van der Waals surface area contributed by atoms with Gasteiger partial charge in [-0.15, -0.1) is 0 Å². The van der Waals surface area contributed by atoms with Crippen molar-refractivity contribution in [1.29, 1.82) is 0 Å². The van der Waals surface area contributed by atoms with Gasteiger partial charge in [-0.3, -0.25) is 9.89 Å². The number of hydrogen-bond donors (Lipinski definition) is 1. The largest absolute Gasteiger partial charge is 0.341 e. The molecule has 0 saturated carbocycles. The predicted molar refractivity (Wildman–Crippen MR) is 83.3 cm³/mol. The number of rotatable bonds is 3. The fraction of sp³-hybridized carbons (Fsp3) is 0.500. The van der Waals surface area contributed by atoms with Crippen LogP contribution in [0.3, 0.4) is 0 Å². The average Bonchev–Trinajstić information content (AvgIpc) is 2.96. The molecule has 0 radical (unpaired) electrons. The first-order valence-corrected chi connectivity index (χ1v) is 7.50. The molecule has 3 rings (SSSR count). The zero-order valence-electron chi connectivity index (χ0n) is 12.7. The Morgan fingerprint density at radius 1 is 1.43 bits per heavy atom. The van der Waals surface area contributed by atoms with Gasteiger partial charge >= 0.3 is 0 Å². The fourth-order valence-corrected chi connectivity index (χ4v) is 3.01. The predicted octanol–water partition coefficient (Wildman–Crippen LogP) is 1.98. The molecule has 1 aliphatic heterocycles. The maximum Gasteiger partial charge on any atom is 0.253 e. The summed E-state index contributed by atoms with van der Waals surface area (Å²) in [5.41, 5.74) is 1.63. The van der Waals surface area contributed by atoms with Gasteiger partial charge in [0.2, 0.25) is 0 Å². The Balaban J connectivity index is 1.66. The molecule has 1 aliphatic rings. The Kier molecular flexibility index (Phi) is 3.92. The van der Waals surface area contributed by atoms with Crippen molar-refractivity contribution in [3.8, 4) is 0 Å². The van der Waals surface area contributed by atoms with E-state index in [4.69, 9.17) is 0 Å². The number of amides is 1. The van der Waals surface area contributed by atoms with Gasteiger partial charge in [0.1, 0.15) is 0 Å². The molecule has 5 nitrogen and oxygen atoms in total. The van der Waals surface area contributed by atoms with E-state index in [1.54, 1.807) is 6.20 Å². The summed E-state index contributed by atoms with van der Waals surface area (Å²) in [4.78, 5) is 16.7. The van der Waals surface area contributed by atoms with Crippen molar-refractivity contribution < 1.29 is 4.79 Å². The summed E-state index contributed by atoms with van der Waals surface area (Å²) in [6.45, 7) is 3.10. The minimum absolute atomic E-state index is 0.0884. The Bertz CT molecular complexity index is 628. The van der Waals surface area contributed by atoms with E-state index in [0.29, 0.717) is 5.92 Å². The molecule has 21 heavy (non-hydrogen) atoms. The molecule has 0 spiro atoms. The first kappa shape index (κ1) is 14.1. The molecule has 0 aliphatic carbocycles. The van der Waals surface area contributed by atoms with Crippen LogP contribution in [0.4, 0.5) is 0 Å². The lowest BCUT2D eigenvalue weighted by atomic mass is 9.96. The second kappa shape index (κ2) is 5.85. The first-order valence-electron chi connectivity index (χ1n) is 7.50. The van der Waals surface area contributed by atoms with E-state index in [1.165, 1.54) is 12.8 Å². The summed E-state index contributed by atoms with van der Waals surface area (Å²) in [7, 11) is 4.06. The molecular formula is C16H22N4O. The highest BCUT2D eigenvalue weighted by Crippen LogP contribution is 2.19. The van der Waals surface area contributed by atoms with Crippen molar-refractivity contribution >= 4 is 16.8 Å². The van der Waals surface area contributed by atoms with Crippen molar-refractivity contribution in [1.82, 2.24) is 20.0 Å². The topological polar surface area (TPSA) is 52.2 Å². The van der Waals surface area contributed by atoms with Crippen LogP contribution in [0, 0.1) is 5.92 Å². The highest BCUT2D eigenvalue weighted by atomic mass is 16.2. The maximum atomic E-state index is 12.5. The van der Waals surface area contributed by atoms with Crippen LogP contribution >= 0.6 is 0 Å². The van der Waals surface area contributed by atoms with Gasteiger partial charge in [0.25, 0.3) is 5.91 Å². The Morgan fingerprint density at radius 3 is 2.95 bits per heavy atom. The number of benzene rings is 1. The molecule has 1 fully saturated rings. The third kappa shape index (κ3) is 3.08. The lowest BCUT2D eigenvalue weighted by Crippen LogP contribution is -2.37. The van der Waals surface area contributed by atoms with E-state index >= 15 is 0 Å². The summed E-state index contributed by atoms with van der Waals surface area (Å²) in [5.74, 6) is 0.705. The van der Waals surface area contributed by atoms with E-state index in [-0.39, 0.29) is 5.91 Å². The molecule has 0 unspecified atom stereocenters. The van der Waals surface area contributed by atoms with E-state index < -0.39 is 0 Å². The number of aromatic amines is 1. The Hall–Kier alpha value is -1.88. The summed E-state index contributed by atoms with van der Waals surface area (Å²) in [6.07, 6.45) is 4.12. The van der Waals surface area contributed by atoms with Gasteiger partial charge in [0.05, 0.1) is 11.7 Å². The van der Waals surface area contributed by atoms with E-state index in [1.807, 2.05) is 30.1 Å². The van der Waals surface area contributed by atoms with Gasteiger partial charge in [-0.25, -0.2) is 0 Å². The summed E-state index contributed by atoms with van der Waals surface area (Å²) in [5, 5.41) is 7.94. The third-order valence-electron chi connectivity index (χ3n) is 4.41. The number of likely N-dealkylation sites (tertiary alicyclic amines) is 1. The number of nitrogens with one attached hydrogen (secondary N) is 1. The molecule has 0 bridgehead atoms. The molecule has 0 atom stereocenters. The number of aromatic nitrogens is 2. The Labute approximate surface area is 124 Å². The molecule has 2 aromatic rings. The van der Waals surface area contributed by atoms with Gasteiger partial charge in [0.15, 0.2) is 0 Å². The lowest BCUT2D eigenvalue weighted by Gasteiger charge is -2.31. The molecule has 1 aromatic heterocycles. The Morgan fingerprint density at radius 2 is 2.19 bits per heavy atom. The van der Waals surface area contributed by atoms with Crippen LogP contribution < -0.4 is 0 Å². The first-order chi connectivity index (χ1) is 10.1. The number of hydrogen-bond acceptors (Lipinski definition) is 3. The van der Waals surface area contributed by atoms with E-state index in [2.05, 4.69) is 22.1 Å². The molecule has 1 amide bonds. The van der Waals surface area contributed by atoms with Crippen LogP contribution in [0.25, 0.3) is 10.9 Å². The summed E-state index contributed by atoms with van der Waals surface area (Å²) < 4.78 is 0. The standard InChI is InChI=1S/C16H22N4O/c1-19-7-5-12(6-8-19)11-20(2)16(21)13-3-4-14-10-17-18-15(14)9-13/h3-4,9-10,12H,5-8,11H2,1-2H3,(H,17,18). The number of H-pyrrole nitrogens is 1. The SMILES string of the molecule is CN1CCC(CN(C)C(=O)c2ccc3cn[nH]c3c2)CC1. The second-order valence-corrected chi connectivity index (χ2v) is 6.10. The van der Waals surface area contributed by atoms with Gasteiger partial charge in [-0.05, 0) is 51.0 Å². The third-order valence-corrected chi connectivity index (χ3v) is 4.41. The summed E-state index contributed by atoms with van der Waals surface area (Å²) >= 11 is 0. The van der Waals surface area contributed by atoms with Crippen LogP contribution in [0.2, 0.25) is 0 Å². The molecule has 2 heterocycles. The number of carbonyl (C=O) groups is 1. The van der Waals surface area contributed by atoms with Crippen LogP contribution in [-0.2, 0) is 0 Å². The van der Waals surface area contributed by atoms with Gasteiger partial charge in [-0.1, -0.05) is 6.07 Å². The monoisotopic (exact) mass is 286 g/mol. The minimum atomic E-state index is 0.0884. The quantitative estimate of drug-likeness (QED) is 0.938. The van der Waals surface area contributed by atoms with Crippen molar-refractivity contribution in [3.63, 3.8) is 0 Å². The summed E-state index contributed by atoms with van der Waals surface area (Å²) in [6, 6.07) is 5.70. The number of fused-ring (bicyclic) bond motifs is 1. The average molecular weight is 286 g/mol. The van der Waals surface area contributed by atoms with Crippen LogP contribution in [-0.4, -0.2) is 59.6 Å². The van der Waals surface area contributed by atoms with E-state index in [0.717, 1.165) is 36.1 Å². The number of nitrogens with zero attached hydrogens (tertiary/aromatic N) is 3. The zero-order valence-corrected chi connectivity index (χ0v) is 12.7. The van der Waals surface area contributed by atoms with E-state index in [9.17, 15) is 4.79 Å². The number of carbonyl (C=O) groups excluding carboxylic acids is 1. The minimum Gasteiger partial charge on any atom is -0.341 e. The normalized spacial score (nSPS) is 17.2. The zero-order chi connectivity index (χ0) is 14.8. The van der Waals surface area contributed by atoms with Gasteiger partial charge in [-0.2, -0.15) is 5.10 Å². The van der Waals surface area contributed by atoms with Gasteiger partial charge in [0, 0.05) is 24.5 Å². The van der Waals surface area contributed by atoms with Crippen molar-refractivity contribution in [2.75, 3.05) is 33.7 Å². The van der Waals surface area contributed by atoms with Crippen LogP contribution in [0.15, 0.2) is 24.4 Å². The molecule has 1 saturated heterocycles. The highest BCUT2D eigenvalue weighted by molar-refractivity contribution is 5.97. The fourth-order valence-electron chi connectivity index (χ4n) is 3.01. The molecule has 5 heteroatoms. The molecule has 112 valence electrons.